The average Bonchev–Trinajstić information content (AvgIpc) is 3.53. The van der Waals surface area contributed by atoms with Crippen molar-refractivity contribution in [3.05, 3.63) is 18.0 Å². The number of likely N-dealkylation sites (N-methyl/N-ethyl adjacent to an activating group) is 1. The third kappa shape index (κ3) is 7.52. The Morgan fingerprint density at radius 1 is 0.689 bits per heavy atom. The summed E-state index contributed by atoms with van der Waals surface area (Å²) in [6.45, 7) is 7.61. The number of hydrogen-bond donors (Lipinski definition) is 0. The van der Waals surface area contributed by atoms with E-state index in [2.05, 4.69) is 14.9 Å². The highest BCUT2D eigenvalue weighted by Crippen LogP contribution is 2.34. The van der Waals surface area contributed by atoms with Crippen molar-refractivity contribution in [1.29, 1.82) is 0 Å². The predicted octanol–water partition coefficient (Wildman–Crippen LogP) is 0.113. The highest BCUT2D eigenvalue weighted by Gasteiger charge is 2.30. The summed E-state index contributed by atoms with van der Waals surface area (Å²) >= 11 is 0. The van der Waals surface area contributed by atoms with Crippen LogP contribution < -0.4 is 19.6 Å². The molecule has 2 aliphatic heterocycles. The van der Waals surface area contributed by atoms with Crippen molar-refractivity contribution in [3.8, 4) is 0 Å². The van der Waals surface area contributed by atoms with E-state index in [1.807, 2.05) is 33.8 Å². The van der Waals surface area contributed by atoms with Gasteiger partial charge in [0, 0.05) is 87.5 Å². The molecule has 1 amide bonds. The fraction of sp³-hybridized carbons (Fsp3) is 0.655. The van der Waals surface area contributed by atoms with Gasteiger partial charge < -0.3 is 43.4 Å². The van der Waals surface area contributed by atoms with Crippen LogP contribution in [0.3, 0.4) is 0 Å². The zero-order valence-electron chi connectivity index (χ0n) is 27.0. The smallest absolute Gasteiger partial charge is 0.241 e. The number of rotatable bonds is 16. The molecule has 0 atom stereocenters. The minimum absolute atomic E-state index is 0.0193. The van der Waals surface area contributed by atoms with Gasteiger partial charge >= 0.3 is 0 Å². The molecule has 0 bridgehead atoms. The Bertz CT molecular complexity index is 1410. The molecule has 0 aromatic carbocycles. The Kier molecular flexibility index (Phi) is 11.2. The van der Waals surface area contributed by atoms with Crippen molar-refractivity contribution >= 4 is 40.5 Å². The molecule has 1 fully saturated rings. The number of nitrogens with zero attached hydrogens (tertiary/aromatic N) is 11. The first-order valence-corrected chi connectivity index (χ1v) is 15.3. The molecule has 246 valence electrons. The number of methoxy groups -OCH3 is 4. The van der Waals surface area contributed by atoms with E-state index in [1.54, 1.807) is 33.3 Å². The van der Waals surface area contributed by atoms with Gasteiger partial charge in [0.05, 0.1) is 51.8 Å². The summed E-state index contributed by atoms with van der Waals surface area (Å²) in [5.74, 6) is 2.35. The largest absolute Gasteiger partial charge is 0.383 e. The van der Waals surface area contributed by atoms with Gasteiger partial charge in [-0.2, -0.15) is 15.1 Å². The van der Waals surface area contributed by atoms with E-state index in [9.17, 15) is 4.79 Å². The third-order valence-electron chi connectivity index (χ3n) is 8.11. The van der Waals surface area contributed by atoms with Crippen LogP contribution in [0.5, 0.6) is 0 Å². The van der Waals surface area contributed by atoms with Crippen molar-refractivity contribution in [2.75, 3.05) is 134 Å². The van der Waals surface area contributed by atoms with Gasteiger partial charge in [0.25, 0.3) is 0 Å². The number of carbonyl (C=O) groups is 1. The summed E-state index contributed by atoms with van der Waals surface area (Å²) in [7, 11) is 8.52. The number of ether oxygens (including phenoxy) is 4. The molecule has 5 rings (SSSR count). The maximum Gasteiger partial charge on any atom is 0.241 e. The fourth-order valence-corrected chi connectivity index (χ4v) is 5.42. The SMILES string of the molecule is COCCN(CCOC)c1nc(N2CCn3nccc3C2)c2nc(N(CCOC)CCOC)nc(N3CCN(C)C(=O)C3)c2n1. The fourth-order valence-electron chi connectivity index (χ4n) is 5.42. The molecule has 16 nitrogen and oxygen atoms in total. The van der Waals surface area contributed by atoms with Gasteiger partial charge in [0.2, 0.25) is 17.8 Å². The van der Waals surface area contributed by atoms with Gasteiger partial charge in [0.1, 0.15) is 11.0 Å². The van der Waals surface area contributed by atoms with Crippen LogP contribution in [0.4, 0.5) is 23.5 Å². The molecule has 0 spiro atoms. The van der Waals surface area contributed by atoms with Crippen molar-refractivity contribution in [2.45, 2.75) is 13.1 Å². The molecule has 0 saturated carbocycles. The summed E-state index contributed by atoms with van der Waals surface area (Å²) in [6, 6.07) is 2.03. The molecule has 16 heteroatoms. The molecule has 0 unspecified atom stereocenters. The molecular weight excluding hydrogens is 582 g/mol. The van der Waals surface area contributed by atoms with Crippen LogP contribution in [-0.4, -0.2) is 155 Å². The number of amides is 1. The zero-order valence-corrected chi connectivity index (χ0v) is 27.0. The van der Waals surface area contributed by atoms with Crippen LogP contribution in [0.2, 0.25) is 0 Å². The normalized spacial score (nSPS) is 15.2. The van der Waals surface area contributed by atoms with Gasteiger partial charge in [-0.3, -0.25) is 9.48 Å². The monoisotopic (exact) mass is 627 g/mol. The van der Waals surface area contributed by atoms with E-state index in [4.69, 9.17) is 38.9 Å². The van der Waals surface area contributed by atoms with E-state index in [0.717, 1.165) is 5.69 Å². The average molecular weight is 628 g/mol. The lowest BCUT2D eigenvalue weighted by Crippen LogP contribution is -2.49. The topological polar surface area (TPSA) is 140 Å². The van der Waals surface area contributed by atoms with Gasteiger partial charge in [-0.1, -0.05) is 0 Å². The lowest BCUT2D eigenvalue weighted by atomic mass is 10.2. The summed E-state index contributed by atoms with van der Waals surface area (Å²) in [5.41, 5.74) is 2.30. The molecule has 3 aromatic rings. The Balaban J connectivity index is 1.71. The Hall–Kier alpha value is -3.86. The molecule has 3 aromatic heterocycles. The number of piperazine rings is 1. The van der Waals surface area contributed by atoms with Crippen molar-refractivity contribution in [1.82, 2.24) is 34.6 Å². The van der Waals surface area contributed by atoms with Crippen LogP contribution in [0.1, 0.15) is 5.69 Å². The second-order valence-corrected chi connectivity index (χ2v) is 11.0. The Morgan fingerprint density at radius 3 is 1.67 bits per heavy atom. The molecule has 0 radical (unpaired) electrons. The lowest BCUT2D eigenvalue weighted by molar-refractivity contribution is -0.129. The predicted molar refractivity (Wildman–Crippen MR) is 170 cm³/mol. The first kappa shape index (κ1) is 32.5. The van der Waals surface area contributed by atoms with E-state index in [-0.39, 0.29) is 12.5 Å². The van der Waals surface area contributed by atoms with Crippen LogP contribution in [0.15, 0.2) is 12.3 Å². The van der Waals surface area contributed by atoms with Gasteiger partial charge in [0.15, 0.2) is 11.6 Å². The van der Waals surface area contributed by atoms with E-state index >= 15 is 0 Å². The van der Waals surface area contributed by atoms with E-state index in [1.165, 1.54) is 0 Å². The molecule has 0 aliphatic carbocycles. The number of carbonyl (C=O) groups excluding carboxylic acids is 1. The molecule has 2 aliphatic rings. The Morgan fingerprint density at radius 2 is 1.18 bits per heavy atom. The van der Waals surface area contributed by atoms with E-state index in [0.29, 0.717) is 120 Å². The molecule has 5 heterocycles. The maximum atomic E-state index is 12.9. The summed E-state index contributed by atoms with van der Waals surface area (Å²) in [4.78, 5) is 43.5. The van der Waals surface area contributed by atoms with Crippen LogP contribution >= 0.6 is 0 Å². The number of fused-ring (bicyclic) bond motifs is 2. The molecule has 0 N–H and O–H groups in total. The second kappa shape index (κ2) is 15.4. The van der Waals surface area contributed by atoms with Crippen LogP contribution in [0.25, 0.3) is 11.0 Å². The van der Waals surface area contributed by atoms with Crippen LogP contribution in [0, 0.1) is 0 Å². The van der Waals surface area contributed by atoms with Crippen LogP contribution in [-0.2, 0) is 36.8 Å². The lowest BCUT2D eigenvalue weighted by Gasteiger charge is -2.35. The molecule has 45 heavy (non-hydrogen) atoms. The van der Waals surface area contributed by atoms with Gasteiger partial charge in [-0.15, -0.1) is 0 Å². The van der Waals surface area contributed by atoms with Crippen molar-refractivity contribution in [3.63, 3.8) is 0 Å². The standard InChI is InChI=1S/C29H45N11O5/c1-35-8-9-39(21-23(35)41)27-25-24(31-29(34-27)37(14-18-44-4)15-19-45-5)26(38-10-11-40-22(20-38)6-7-30-40)33-28(32-25)36(12-16-42-2)13-17-43-3/h6-7H,8-21H2,1-5H3. The minimum Gasteiger partial charge on any atom is -0.383 e. The number of hydrogen-bond acceptors (Lipinski definition) is 14. The van der Waals surface area contributed by atoms with Gasteiger partial charge in [-0.05, 0) is 6.07 Å². The third-order valence-corrected chi connectivity index (χ3v) is 8.11. The number of aromatic nitrogens is 6. The Labute approximate surface area is 263 Å². The second-order valence-electron chi connectivity index (χ2n) is 11.0. The quantitative estimate of drug-likeness (QED) is 0.212. The first-order valence-electron chi connectivity index (χ1n) is 15.3. The first-order chi connectivity index (χ1) is 22.0. The van der Waals surface area contributed by atoms with Crippen molar-refractivity contribution in [2.24, 2.45) is 0 Å². The number of anilines is 4. The zero-order chi connectivity index (χ0) is 31.8. The van der Waals surface area contributed by atoms with Crippen molar-refractivity contribution < 1.29 is 23.7 Å². The highest BCUT2D eigenvalue weighted by molar-refractivity contribution is 5.96. The summed E-state index contributed by atoms with van der Waals surface area (Å²) < 4.78 is 23.7. The minimum atomic E-state index is 0.0193. The highest BCUT2D eigenvalue weighted by atomic mass is 16.5. The summed E-state index contributed by atoms with van der Waals surface area (Å²) in [6.07, 6.45) is 1.83. The van der Waals surface area contributed by atoms with E-state index < -0.39 is 0 Å². The van der Waals surface area contributed by atoms with Gasteiger partial charge in [-0.25, -0.2) is 9.97 Å². The molecule has 1 saturated heterocycles. The molecular formula is C29H45N11O5. The summed E-state index contributed by atoms with van der Waals surface area (Å²) in [5, 5.41) is 4.47. The maximum absolute atomic E-state index is 12.9.